The average molecular weight is 386 g/mol. The Hall–Kier alpha value is -3.66. The molecular formula is C25H22O4. The van der Waals surface area contributed by atoms with Crippen LogP contribution in [0.25, 0.3) is 6.08 Å². The van der Waals surface area contributed by atoms with Gasteiger partial charge in [0, 0.05) is 6.08 Å². The van der Waals surface area contributed by atoms with Crippen LogP contribution in [0.2, 0.25) is 0 Å². The van der Waals surface area contributed by atoms with Crippen LogP contribution >= 0.6 is 0 Å². The van der Waals surface area contributed by atoms with E-state index in [1.165, 1.54) is 13.0 Å². The van der Waals surface area contributed by atoms with Crippen molar-refractivity contribution in [1.29, 1.82) is 0 Å². The highest BCUT2D eigenvalue weighted by Crippen LogP contribution is 2.30. The van der Waals surface area contributed by atoms with Gasteiger partial charge in [0.15, 0.2) is 5.78 Å². The molecule has 0 aliphatic rings. The first-order valence-electron chi connectivity index (χ1n) is 9.30. The van der Waals surface area contributed by atoms with Gasteiger partial charge < -0.3 is 9.47 Å². The van der Waals surface area contributed by atoms with Crippen molar-refractivity contribution in [2.75, 3.05) is 0 Å². The van der Waals surface area contributed by atoms with E-state index in [0.717, 1.165) is 16.7 Å². The summed E-state index contributed by atoms with van der Waals surface area (Å²) in [4.78, 5) is 24.5. The van der Waals surface area contributed by atoms with Gasteiger partial charge in [0.05, 0.1) is 0 Å². The first-order valence-corrected chi connectivity index (χ1v) is 9.30. The molecule has 0 amide bonds. The molecule has 0 radical (unpaired) electrons. The Kier molecular flexibility index (Phi) is 6.59. The Bertz CT molecular complexity index is 1020. The Morgan fingerprint density at radius 1 is 0.862 bits per heavy atom. The first kappa shape index (κ1) is 20.1. The SMILES string of the molecule is CC(=O)c1c(OCc2ccccc2)cccc1OC(=O)/C=C/c1ccc(C)cc1. The van der Waals surface area contributed by atoms with Crippen molar-refractivity contribution in [3.8, 4) is 11.5 Å². The lowest BCUT2D eigenvalue weighted by Crippen LogP contribution is -2.09. The summed E-state index contributed by atoms with van der Waals surface area (Å²) in [5, 5.41) is 0. The fourth-order valence-electron chi connectivity index (χ4n) is 2.78. The number of rotatable bonds is 7. The van der Waals surface area contributed by atoms with E-state index < -0.39 is 5.97 Å². The van der Waals surface area contributed by atoms with Gasteiger partial charge in [-0.1, -0.05) is 66.2 Å². The number of esters is 1. The molecule has 3 rings (SSSR count). The quantitative estimate of drug-likeness (QED) is 0.236. The molecule has 3 aromatic rings. The second-order valence-corrected chi connectivity index (χ2v) is 6.62. The maximum atomic E-state index is 12.3. The number of aryl methyl sites for hydroxylation is 1. The summed E-state index contributed by atoms with van der Waals surface area (Å²) >= 11 is 0. The molecule has 0 fully saturated rings. The molecule has 0 aliphatic heterocycles. The number of carbonyl (C=O) groups is 2. The molecule has 0 saturated heterocycles. The summed E-state index contributed by atoms with van der Waals surface area (Å²) in [6.07, 6.45) is 3.01. The maximum Gasteiger partial charge on any atom is 0.336 e. The Morgan fingerprint density at radius 2 is 1.55 bits per heavy atom. The van der Waals surface area contributed by atoms with Crippen LogP contribution in [0.1, 0.15) is 34.0 Å². The minimum Gasteiger partial charge on any atom is -0.488 e. The first-order chi connectivity index (χ1) is 14.0. The van der Waals surface area contributed by atoms with Crippen molar-refractivity contribution < 1.29 is 19.1 Å². The molecule has 0 aliphatic carbocycles. The minimum absolute atomic E-state index is 0.182. The largest absolute Gasteiger partial charge is 0.488 e. The van der Waals surface area contributed by atoms with E-state index in [1.807, 2.05) is 61.5 Å². The molecular weight excluding hydrogens is 364 g/mol. The Balaban J connectivity index is 1.75. The fourth-order valence-corrected chi connectivity index (χ4v) is 2.78. The second-order valence-electron chi connectivity index (χ2n) is 6.62. The molecule has 0 spiro atoms. The van der Waals surface area contributed by atoms with Crippen molar-refractivity contribution >= 4 is 17.8 Å². The normalized spacial score (nSPS) is 10.7. The summed E-state index contributed by atoms with van der Waals surface area (Å²) in [5.41, 5.74) is 3.26. The van der Waals surface area contributed by atoms with Gasteiger partial charge in [0.2, 0.25) is 0 Å². The molecule has 0 saturated carbocycles. The van der Waals surface area contributed by atoms with Gasteiger partial charge >= 0.3 is 5.97 Å². The average Bonchev–Trinajstić information content (AvgIpc) is 2.72. The minimum atomic E-state index is -0.562. The van der Waals surface area contributed by atoms with Gasteiger partial charge in [-0.3, -0.25) is 4.79 Å². The highest BCUT2D eigenvalue weighted by atomic mass is 16.5. The molecule has 4 nitrogen and oxygen atoms in total. The van der Waals surface area contributed by atoms with E-state index in [9.17, 15) is 9.59 Å². The van der Waals surface area contributed by atoms with E-state index >= 15 is 0 Å². The monoisotopic (exact) mass is 386 g/mol. The highest BCUT2D eigenvalue weighted by Gasteiger charge is 2.17. The topological polar surface area (TPSA) is 52.6 Å². The number of benzene rings is 3. The lowest BCUT2D eigenvalue weighted by Gasteiger charge is -2.13. The zero-order valence-electron chi connectivity index (χ0n) is 16.4. The molecule has 0 atom stereocenters. The molecule has 0 bridgehead atoms. The van der Waals surface area contributed by atoms with Crippen LogP contribution in [0.15, 0.2) is 78.9 Å². The van der Waals surface area contributed by atoms with Crippen LogP contribution in [0.4, 0.5) is 0 Å². The summed E-state index contributed by atoms with van der Waals surface area (Å²) in [6, 6.07) is 22.4. The van der Waals surface area contributed by atoms with Crippen LogP contribution in [-0.4, -0.2) is 11.8 Å². The summed E-state index contributed by atoms with van der Waals surface area (Å²) in [5.74, 6) is -0.233. The van der Waals surface area contributed by atoms with Crippen LogP contribution in [-0.2, 0) is 11.4 Å². The molecule has 29 heavy (non-hydrogen) atoms. The van der Waals surface area contributed by atoms with Crippen molar-refractivity contribution in [2.45, 2.75) is 20.5 Å². The Morgan fingerprint density at radius 3 is 2.24 bits per heavy atom. The standard InChI is InChI=1S/C25H22O4/c1-18-11-13-20(14-12-18)15-16-24(27)29-23-10-6-9-22(25(23)19(2)26)28-17-21-7-4-3-5-8-21/h3-16H,17H2,1-2H3/b16-15+. The zero-order chi connectivity index (χ0) is 20.6. The Labute approximate surface area is 170 Å². The number of hydrogen-bond acceptors (Lipinski definition) is 4. The predicted octanol–water partition coefficient (Wildman–Crippen LogP) is 5.40. The third-order valence-corrected chi connectivity index (χ3v) is 4.28. The van der Waals surface area contributed by atoms with Crippen molar-refractivity contribution in [1.82, 2.24) is 0 Å². The van der Waals surface area contributed by atoms with Gasteiger partial charge in [-0.25, -0.2) is 4.79 Å². The lowest BCUT2D eigenvalue weighted by atomic mass is 10.1. The third kappa shape index (κ3) is 5.66. The third-order valence-electron chi connectivity index (χ3n) is 4.28. The molecule has 4 heteroatoms. The van der Waals surface area contributed by atoms with E-state index in [2.05, 4.69) is 0 Å². The maximum absolute atomic E-state index is 12.3. The highest BCUT2D eigenvalue weighted by molar-refractivity contribution is 6.01. The van der Waals surface area contributed by atoms with E-state index in [4.69, 9.17) is 9.47 Å². The van der Waals surface area contributed by atoms with Gasteiger partial charge in [0.25, 0.3) is 0 Å². The van der Waals surface area contributed by atoms with Gasteiger partial charge in [0.1, 0.15) is 23.7 Å². The number of hydrogen-bond donors (Lipinski definition) is 0. The van der Waals surface area contributed by atoms with Gasteiger partial charge in [-0.05, 0) is 43.2 Å². The molecule has 0 unspecified atom stereocenters. The van der Waals surface area contributed by atoms with Crippen molar-refractivity contribution in [3.63, 3.8) is 0 Å². The molecule has 0 heterocycles. The lowest BCUT2D eigenvalue weighted by molar-refractivity contribution is -0.128. The van der Waals surface area contributed by atoms with E-state index in [-0.39, 0.29) is 17.1 Å². The van der Waals surface area contributed by atoms with E-state index in [0.29, 0.717) is 12.4 Å². The second kappa shape index (κ2) is 9.51. The summed E-state index contributed by atoms with van der Waals surface area (Å²) < 4.78 is 11.2. The van der Waals surface area contributed by atoms with E-state index in [1.54, 1.807) is 24.3 Å². The van der Waals surface area contributed by atoms with Crippen molar-refractivity contribution in [2.24, 2.45) is 0 Å². The van der Waals surface area contributed by atoms with Crippen LogP contribution in [0.5, 0.6) is 11.5 Å². The number of Topliss-reactive ketones (excluding diaryl/α,β-unsaturated/α-hetero) is 1. The van der Waals surface area contributed by atoms with Gasteiger partial charge in [-0.15, -0.1) is 0 Å². The smallest absolute Gasteiger partial charge is 0.336 e. The molecule has 0 aromatic heterocycles. The number of ketones is 1. The summed E-state index contributed by atoms with van der Waals surface area (Å²) in [6.45, 7) is 3.73. The number of ether oxygens (including phenoxy) is 2. The molecule has 0 N–H and O–H groups in total. The zero-order valence-corrected chi connectivity index (χ0v) is 16.4. The van der Waals surface area contributed by atoms with Crippen LogP contribution in [0, 0.1) is 6.92 Å². The van der Waals surface area contributed by atoms with Gasteiger partial charge in [-0.2, -0.15) is 0 Å². The summed E-state index contributed by atoms with van der Waals surface area (Å²) in [7, 11) is 0. The molecule has 3 aromatic carbocycles. The fraction of sp³-hybridized carbons (Fsp3) is 0.120. The number of carbonyl (C=O) groups excluding carboxylic acids is 2. The molecule has 146 valence electrons. The van der Waals surface area contributed by atoms with Crippen LogP contribution < -0.4 is 9.47 Å². The van der Waals surface area contributed by atoms with Crippen LogP contribution in [0.3, 0.4) is 0 Å². The predicted molar refractivity (Wildman–Crippen MR) is 113 cm³/mol. The van der Waals surface area contributed by atoms with Crippen molar-refractivity contribution in [3.05, 3.63) is 101 Å².